The third kappa shape index (κ3) is 2.49. The molecule has 0 aromatic carbocycles. The summed E-state index contributed by atoms with van der Waals surface area (Å²) in [5.74, 6) is 1.15. The summed E-state index contributed by atoms with van der Waals surface area (Å²) in [6, 6.07) is 0. The van der Waals surface area contributed by atoms with E-state index in [1.807, 2.05) is 0 Å². The summed E-state index contributed by atoms with van der Waals surface area (Å²) in [6.07, 6.45) is 10.4. The molecule has 23 heavy (non-hydrogen) atoms. The topological polar surface area (TPSA) is 26.3 Å². The van der Waals surface area contributed by atoms with Gasteiger partial charge in [-0.3, -0.25) is 4.79 Å². The molecule has 0 heterocycles. The highest BCUT2D eigenvalue weighted by molar-refractivity contribution is 5.77. The number of carbonyl (C=O) groups is 1. The second-order valence-electron chi connectivity index (χ2n) is 8.76. The normalized spacial score (nSPS) is 36.6. The Balaban J connectivity index is 1.96. The Morgan fingerprint density at radius 2 is 2.09 bits per heavy atom. The molecular formula is C21H32O2. The van der Waals surface area contributed by atoms with E-state index in [-0.39, 0.29) is 16.8 Å². The molecule has 3 aliphatic carbocycles. The first-order chi connectivity index (χ1) is 10.8. The lowest BCUT2D eigenvalue weighted by atomic mass is 9.49. The van der Waals surface area contributed by atoms with Gasteiger partial charge in [0.1, 0.15) is 0 Å². The summed E-state index contributed by atoms with van der Waals surface area (Å²) in [7, 11) is 1.55. The Morgan fingerprint density at radius 1 is 1.35 bits per heavy atom. The summed E-state index contributed by atoms with van der Waals surface area (Å²) in [6.45, 7) is 9.20. The maximum Gasteiger partial charge on any atom is 0.311 e. The molecule has 0 radical (unpaired) electrons. The van der Waals surface area contributed by atoms with Crippen molar-refractivity contribution in [3.63, 3.8) is 0 Å². The van der Waals surface area contributed by atoms with Crippen molar-refractivity contribution < 1.29 is 9.53 Å². The Kier molecular flexibility index (Phi) is 4.23. The van der Waals surface area contributed by atoms with Crippen LogP contribution in [0.1, 0.15) is 72.6 Å². The van der Waals surface area contributed by atoms with Gasteiger partial charge in [0.2, 0.25) is 0 Å². The molecule has 2 heteroatoms. The van der Waals surface area contributed by atoms with Crippen molar-refractivity contribution in [2.24, 2.45) is 22.7 Å². The van der Waals surface area contributed by atoms with Gasteiger partial charge in [0.25, 0.3) is 0 Å². The highest BCUT2D eigenvalue weighted by Gasteiger charge is 2.56. The molecule has 0 unspecified atom stereocenters. The Morgan fingerprint density at radius 3 is 2.74 bits per heavy atom. The van der Waals surface area contributed by atoms with E-state index < -0.39 is 0 Å². The van der Waals surface area contributed by atoms with Crippen LogP contribution in [0.5, 0.6) is 0 Å². The van der Waals surface area contributed by atoms with E-state index >= 15 is 0 Å². The van der Waals surface area contributed by atoms with E-state index in [9.17, 15) is 4.79 Å². The molecule has 128 valence electrons. The van der Waals surface area contributed by atoms with Gasteiger partial charge in [-0.15, -0.1) is 0 Å². The van der Waals surface area contributed by atoms with Crippen LogP contribution >= 0.6 is 0 Å². The number of esters is 1. The van der Waals surface area contributed by atoms with Crippen molar-refractivity contribution in [3.05, 3.63) is 22.8 Å². The monoisotopic (exact) mass is 316 g/mol. The second kappa shape index (κ2) is 5.79. The molecule has 2 nitrogen and oxygen atoms in total. The van der Waals surface area contributed by atoms with E-state index in [1.165, 1.54) is 12.8 Å². The van der Waals surface area contributed by atoms with Crippen molar-refractivity contribution >= 4 is 5.97 Å². The summed E-state index contributed by atoms with van der Waals surface area (Å²) in [5, 5.41) is 0. The molecule has 3 rings (SSSR count). The lowest BCUT2D eigenvalue weighted by molar-refractivity contribution is -0.163. The minimum atomic E-state index is -0.304. The fraction of sp³-hybridized carbons (Fsp3) is 0.762. The summed E-state index contributed by atoms with van der Waals surface area (Å²) in [4.78, 5) is 12.5. The third-order valence-corrected chi connectivity index (χ3v) is 6.89. The molecule has 0 aliphatic heterocycles. The number of ether oxygens (including phenoxy) is 1. The van der Waals surface area contributed by atoms with Crippen LogP contribution < -0.4 is 0 Å². The molecule has 3 aliphatic rings. The van der Waals surface area contributed by atoms with Crippen LogP contribution in [-0.4, -0.2) is 13.1 Å². The van der Waals surface area contributed by atoms with Crippen LogP contribution in [0.4, 0.5) is 0 Å². The largest absolute Gasteiger partial charge is 0.469 e. The summed E-state index contributed by atoms with van der Waals surface area (Å²) >= 11 is 0. The number of fused-ring (bicyclic) bond motifs is 2. The van der Waals surface area contributed by atoms with Crippen molar-refractivity contribution in [3.8, 4) is 0 Å². The molecule has 0 amide bonds. The first kappa shape index (κ1) is 16.8. The Hall–Kier alpha value is -1.05. The minimum absolute atomic E-state index is 0.00540. The first-order valence-electron chi connectivity index (χ1n) is 9.33. The highest BCUT2D eigenvalue weighted by atomic mass is 16.5. The van der Waals surface area contributed by atoms with Gasteiger partial charge in [0, 0.05) is 0 Å². The average Bonchev–Trinajstić information content (AvgIpc) is 2.90. The van der Waals surface area contributed by atoms with E-state index in [1.54, 1.807) is 23.8 Å². The van der Waals surface area contributed by atoms with Gasteiger partial charge in [0.15, 0.2) is 0 Å². The Labute approximate surface area is 141 Å². The number of allylic oxidation sites excluding steroid dienone is 4. The molecule has 0 aromatic heterocycles. The molecule has 0 saturated heterocycles. The van der Waals surface area contributed by atoms with Gasteiger partial charge in [0.05, 0.1) is 12.5 Å². The summed E-state index contributed by atoms with van der Waals surface area (Å²) < 4.78 is 5.20. The van der Waals surface area contributed by atoms with Crippen LogP contribution in [0.15, 0.2) is 22.8 Å². The van der Waals surface area contributed by atoms with Crippen LogP contribution in [0.2, 0.25) is 0 Å². The maximum absolute atomic E-state index is 12.5. The van der Waals surface area contributed by atoms with E-state index in [0.29, 0.717) is 11.8 Å². The predicted molar refractivity (Wildman–Crippen MR) is 94.0 cm³/mol. The lowest BCUT2D eigenvalue weighted by Crippen LogP contribution is -2.50. The van der Waals surface area contributed by atoms with Crippen molar-refractivity contribution in [1.82, 2.24) is 0 Å². The van der Waals surface area contributed by atoms with Crippen molar-refractivity contribution in [1.29, 1.82) is 0 Å². The van der Waals surface area contributed by atoms with Crippen LogP contribution in [-0.2, 0) is 9.53 Å². The zero-order valence-electron chi connectivity index (χ0n) is 15.5. The van der Waals surface area contributed by atoms with Gasteiger partial charge in [-0.1, -0.05) is 38.8 Å². The first-order valence-corrected chi connectivity index (χ1v) is 9.33. The average molecular weight is 316 g/mol. The lowest BCUT2D eigenvalue weighted by Gasteiger charge is -2.54. The molecule has 1 saturated carbocycles. The fourth-order valence-corrected chi connectivity index (χ4v) is 5.84. The molecule has 0 bridgehead atoms. The van der Waals surface area contributed by atoms with Crippen LogP contribution in [0.25, 0.3) is 0 Å². The van der Waals surface area contributed by atoms with E-state index in [0.717, 1.165) is 32.1 Å². The number of carbonyl (C=O) groups excluding carboxylic acids is 1. The van der Waals surface area contributed by atoms with E-state index in [2.05, 4.69) is 33.8 Å². The molecule has 0 aromatic rings. The number of hydrogen-bond acceptors (Lipinski definition) is 2. The second-order valence-corrected chi connectivity index (χ2v) is 8.76. The van der Waals surface area contributed by atoms with Gasteiger partial charge in [-0.25, -0.2) is 0 Å². The highest BCUT2D eigenvalue weighted by Crippen LogP contribution is 2.62. The minimum Gasteiger partial charge on any atom is -0.469 e. The molecule has 0 N–H and O–H groups in total. The summed E-state index contributed by atoms with van der Waals surface area (Å²) in [5.41, 5.74) is 4.77. The molecule has 3 atom stereocenters. The quantitative estimate of drug-likeness (QED) is 0.648. The zero-order chi connectivity index (χ0) is 16.8. The van der Waals surface area contributed by atoms with Crippen LogP contribution in [0.3, 0.4) is 0 Å². The number of hydrogen-bond donors (Lipinski definition) is 0. The Bertz CT molecular complexity index is 568. The fourth-order valence-electron chi connectivity index (χ4n) is 5.84. The third-order valence-electron chi connectivity index (χ3n) is 6.89. The van der Waals surface area contributed by atoms with Crippen molar-refractivity contribution in [2.75, 3.05) is 7.11 Å². The number of methoxy groups -OCH3 is 1. The molecular weight excluding hydrogens is 284 g/mol. The zero-order valence-corrected chi connectivity index (χ0v) is 15.5. The molecule has 0 spiro atoms. The van der Waals surface area contributed by atoms with Gasteiger partial charge >= 0.3 is 5.97 Å². The maximum atomic E-state index is 12.5. The SMILES string of the molecule is COC(=O)[C@]1(C)CCC[C@]2(C)C3=C(CC[C@@H]12)C(CC(C)C)=CC3. The van der Waals surface area contributed by atoms with Gasteiger partial charge in [-0.05, 0) is 73.8 Å². The van der Waals surface area contributed by atoms with Crippen LogP contribution in [0, 0.1) is 22.7 Å². The van der Waals surface area contributed by atoms with Gasteiger partial charge < -0.3 is 4.74 Å². The van der Waals surface area contributed by atoms with Crippen molar-refractivity contribution in [2.45, 2.75) is 72.6 Å². The number of rotatable bonds is 3. The standard InChI is InChI=1S/C21H32O2/c1-14(2)13-15-7-9-17-16(15)8-10-18-20(17,3)11-6-12-21(18,4)19(22)23-5/h7,14,18H,6,8-13H2,1-5H3/t18-,20-,21-/m1/s1. The predicted octanol–water partition coefficient (Wildman–Crippen LogP) is 5.44. The molecule has 1 fully saturated rings. The van der Waals surface area contributed by atoms with E-state index in [4.69, 9.17) is 4.74 Å². The smallest absolute Gasteiger partial charge is 0.311 e. The van der Waals surface area contributed by atoms with Gasteiger partial charge in [-0.2, -0.15) is 0 Å².